The molecule has 0 radical (unpaired) electrons. The summed E-state index contributed by atoms with van der Waals surface area (Å²) in [6.45, 7) is 0. The number of carbonyl (C=O) groups excluding carboxylic acids is 4. The first-order valence-electron chi connectivity index (χ1n) is 11.4. The number of carboxylic acids is 1. The number of nitrogens with one attached hydrogen (secondary N) is 4. The minimum absolute atomic E-state index is 0.0757. The number of hydrogen-bond acceptors (Lipinski definition) is 8. The summed E-state index contributed by atoms with van der Waals surface area (Å²) in [5, 5.41) is 17.5. The topological polar surface area (TPSA) is 209 Å². The minimum Gasteiger partial charge on any atom is -0.480 e. The van der Waals surface area contributed by atoms with Crippen LogP contribution in [-0.2, 0) is 30.4 Å². The van der Waals surface area contributed by atoms with E-state index in [4.69, 9.17) is 11.5 Å². The number of rotatable bonds is 15. The third-order valence-corrected chi connectivity index (χ3v) is 6.54. The molecule has 12 nitrogen and oxygen atoms in total. The number of aromatic nitrogens is 1. The highest BCUT2D eigenvalue weighted by Crippen LogP contribution is 2.18. The number of hydrogen-bond donors (Lipinski definition) is 8. The van der Waals surface area contributed by atoms with E-state index in [1.165, 1.54) is 11.8 Å². The van der Waals surface area contributed by atoms with Crippen LogP contribution in [0.15, 0.2) is 30.5 Å². The van der Waals surface area contributed by atoms with Crippen molar-refractivity contribution in [1.29, 1.82) is 0 Å². The van der Waals surface area contributed by atoms with Crippen molar-refractivity contribution in [3.05, 3.63) is 36.0 Å². The lowest BCUT2D eigenvalue weighted by molar-refractivity contribution is -0.143. The van der Waals surface area contributed by atoms with Crippen molar-refractivity contribution in [3.63, 3.8) is 0 Å². The second-order valence-electron chi connectivity index (χ2n) is 8.33. The highest BCUT2D eigenvalue weighted by atomic mass is 32.2. The Balaban J connectivity index is 2.03. The van der Waals surface area contributed by atoms with Crippen LogP contribution in [0.3, 0.4) is 0 Å². The van der Waals surface area contributed by atoms with E-state index in [1.807, 2.05) is 24.3 Å². The second-order valence-corrected chi connectivity index (χ2v) is 9.68. The van der Waals surface area contributed by atoms with Gasteiger partial charge in [0.2, 0.25) is 23.6 Å². The Hall–Kier alpha value is -3.23. The predicted molar refractivity (Wildman–Crippen MR) is 144 cm³/mol. The van der Waals surface area contributed by atoms with Gasteiger partial charge in [-0.3, -0.25) is 19.2 Å². The Bertz CT molecular complexity index is 1130. The van der Waals surface area contributed by atoms with Crippen LogP contribution in [0.1, 0.15) is 18.4 Å². The first kappa shape index (κ1) is 30.0. The van der Waals surface area contributed by atoms with Gasteiger partial charge in [-0.15, -0.1) is 0 Å². The van der Waals surface area contributed by atoms with Crippen molar-refractivity contribution in [2.24, 2.45) is 11.5 Å². The smallest absolute Gasteiger partial charge is 0.326 e. The van der Waals surface area contributed by atoms with E-state index in [-0.39, 0.29) is 18.6 Å². The number of carbonyl (C=O) groups is 5. The zero-order valence-corrected chi connectivity index (χ0v) is 21.9. The number of aromatic amines is 1. The van der Waals surface area contributed by atoms with Crippen LogP contribution >= 0.6 is 24.4 Å². The molecule has 2 aromatic rings. The van der Waals surface area contributed by atoms with Gasteiger partial charge in [-0.05, 0) is 36.5 Å². The van der Waals surface area contributed by atoms with Gasteiger partial charge in [0.15, 0.2) is 0 Å². The molecule has 4 unspecified atom stereocenters. The maximum atomic E-state index is 12.9. The number of H-pyrrole nitrogens is 1. The van der Waals surface area contributed by atoms with Crippen molar-refractivity contribution >= 4 is 64.9 Å². The Morgan fingerprint density at radius 2 is 1.65 bits per heavy atom. The minimum atomic E-state index is -1.54. The fourth-order valence-corrected chi connectivity index (χ4v) is 4.28. The van der Waals surface area contributed by atoms with E-state index in [2.05, 4.69) is 33.6 Å². The molecule has 0 spiro atoms. The molecule has 1 aromatic carbocycles. The van der Waals surface area contributed by atoms with Gasteiger partial charge in [0.25, 0.3) is 0 Å². The molecule has 9 N–H and O–H groups in total. The number of carboxylic acid groups (broad SMARTS) is 1. The van der Waals surface area contributed by atoms with Gasteiger partial charge in [-0.1, -0.05) is 18.2 Å². The van der Waals surface area contributed by atoms with Crippen molar-refractivity contribution in [2.75, 3.05) is 17.8 Å². The molecule has 0 saturated heterocycles. The average Bonchev–Trinajstić information content (AvgIpc) is 3.26. The summed E-state index contributed by atoms with van der Waals surface area (Å²) < 4.78 is 0. The maximum Gasteiger partial charge on any atom is 0.326 e. The van der Waals surface area contributed by atoms with Gasteiger partial charge in [0.1, 0.15) is 18.1 Å². The summed E-state index contributed by atoms with van der Waals surface area (Å²) in [4.78, 5) is 64.0. The van der Waals surface area contributed by atoms with Crippen molar-refractivity contribution in [2.45, 2.75) is 43.4 Å². The fraction of sp³-hybridized carbons (Fsp3) is 0.435. The molecule has 4 amide bonds. The van der Waals surface area contributed by atoms with Crippen LogP contribution in [0.5, 0.6) is 0 Å². The number of thiol groups is 1. The summed E-state index contributed by atoms with van der Waals surface area (Å²) in [6, 6.07) is 2.87. The zero-order chi connectivity index (χ0) is 27.5. The van der Waals surface area contributed by atoms with E-state index in [9.17, 15) is 29.1 Å². The lowest BCUT2D eigenvalue weighted by atomic mass is 10.0. The van der Waals surface area contributed by atoms with Crippen molar-refractivity contribution in [3.8, 4) is 0 Å². The van der Waals surface area contributed by atoms with Gasteiger partial charge in [0, 0.05) is 22.9 Å². The van der Waals surface area contributed by atoms with Gasteiger partial charge in [0.05, 0.1) is 12.5 Å². The van der Waals surface area contributed by atoms with Gasteiger partial charge in [-0.25, -0.2) is 4.79 Å². The third-order valence-electron chi connectivity index (χ3n) is 5.53. The van der Waals surface area contributed by atoms with Crippen molar-refractivity contribution in [1.82, 2.24) is 20.9 Å². The lowest BCUT2D eigenvalue weighted by Gasteiger charge is -2.24. The summed E-state index contributed by atoms with van der Waals surface area (Å²) in [5.41, 5.74) is 12.9. The predicted octanol–water partition coefficient (Wildman–Crippen LogP) is -0.865. The van der Waals surface area contributed by atoms with Crippen molar-refractivity contribution < 1.29 is 29.1 Å². The summed E-state index contributed by atoms with van der Waals surface area (Å²) >= 11 is 5.56. The summed E-state index contributed by atoms with van der Waals surface area (Å²) in [5.74, 6) is -4.00. The summed E-state index contributed by atoms with van der Waals surface area (Å²) in [7, 11) is 0. The van der Waals surface area contributed by atoms with E-state index in [0.29, 0.717) is 5.75 Å². The molecule has 0 saturated carbocycles. The maximum absolute atomic E-state index is 12.9. The molecule has 14 heteroatoms. The first-order chi connectivity index (χ1) is 17.6. The molecule has 0 aliphatic carbocycles. The SMILES string of the molecule is CSCCC(NC(=O)C(CS)NC(=O)C(N)Cc1c[nH]c2ccccc12)C(=O)NC(CC(N)=O)C(=O)O. The largest absolute Gasteiger partial charge is 0.480 e. The third kappa shape index (κ3) is 8.98. The van der Waals surface area contributed by atoms with E-state index < -0.39 is 60.2 Å². The molecule has 0 fully saturated rings. The molecule has 202 valence electrons. The average molecular weight is 553 g/mol. The number of para-hydroxylation sites is 1. The molecule has 2 rings (SSSR count). The van der Waals surface area contributed by atoms with E-state index in [0.717, 1.165) is 16.5 Å². The standard InChI is InChI=1S/C23H32N6O6S2/c1-37-7-6-16(21(32)28-17(23(34)35)9-19(25)30)27-22(33)18(11-36)29-20(31)14(24)8-12-10-26-15-5-3-2-4-13(12)15/h2-5,10,14,16-18,26,36H,6-9,11,24H2,1H3,(H2,25,30)(H,27,33)(H,28,32)(H,29,31)(H,34,35). The van der Waals surface area contributed by atoms with E-state index >= 15 is 0 Å². The number of nitrogens with two attached hydrogens (primary N) is 2. The van der Waals surface area contributed by atoms with Crippen LogP contribution in [0, 0.1) is 0 Å². The van der Waals surface area contributed by atoms with Gasteiger partial charge < -0.3 is 37.5 Å². The highest BCUT2D eigenvalue weighted by molar-refractivity contribution is 7.98. The van der Waals surface area contributed by atoms with Gasteiger partial charge in [-0.2, -0.15) is 24.4 Å². The normalized spacial score (nSPS) is 14.2. The molecular weight excluding hydrogens is 520 g/mol. The highest BCUT2D eigenvalue weighted by Gasteiger charge is 2.30. The molecule has 37 heavy (non-hydrogen) atoms. The number of fused-ring (bicyclic) bond motifs is 1. The van der Waals surface area contributed by atoms with Crippen LogP contribution in [0.25, 0.3) is 10.9 Å². The molecule has 1 aromatic heterocycles. The number of amides is 4. The zero-order valence-electron chi connectivity index (χ0n) is 20.2. The molecule has 4 atom stereocenters. The van der Waals surface area contributed by atoms with Gasteiger partial charge >= 0.3 is 5.97 Å². The molecule has 0 bridgehead atoms. The van der Waals surface area contributed by atoms with Crippen LogP contribution < -0.4 is 27.4 Å². The number of aliphatic carboxylic acids is 1. The summed E-state index contributed by atoms with van der Waals surface area (Å²) in [6.07, 6.45) is 3.38. The van der Waals surface area contributed by atoms with E-state index in [1.54, 1.807) is 12.5 Å². The van der Waals surface area contributed by atoms with Crippen LogP contribution in [-0.4, -0.2) is 81.6 Å². The molecule has 0 aliphatic heterocycles. The number of benzene rings is 1. The first-order valence-corrected chi connectivity index (χ1v) is 13.4. The Labute approximate surface area is 223 Å². The molecular formula is C23H32N6O6S2. The second kappa shape index (κ2) is 14.5. The monoisotopic (exact) mass is 552 g/mol. The van der Waals surface area contributed by atoms with Crippen LogP contribution in [0.4, 0.5) is 0 Å². The lowest BCUT2D eigenvalue weighted by Crippen LogP contribution is -2.58. The number of thioether (sulfide) groups is 1. The Morgan fingerprint density at radius 3 is 2.27 bits per heavy atom. The Kier molecular flexibility index (Phi) is 11.8. The molecule has 0 aliphatic rings. The molecule has 1 heterocycles. The fourth-order valence-electron chi connectivity index (χ4n) is 3.55. The quantitative estimate of drug-likeness (QED) is 0.130. The Morgan fingerprint density at radius 1 is 1.03 bits per heavy atom. The van der Waals surface area contributed by atoms with Crippen LogP contribution in [0.2, 0.25) is 0 Å². The number of primary amides is 1.